The maximum absolute atomic E-state index is 5.98. The Morgan fingerprint density at radius 2 is 1.85 bits per heavy atom. The van der Waals surface area contributed by atoms with E-state index in [1.807, 2.05) is 30.3 Å². The second-order valence-corrected chi connectivity index (χ2v) is 6.95. The number of hydrogen-bond donors (Lipinski definition) is 0. The minimum absolute atomic E-state index is 0.559. The number of aryl methyl sites for hydroxylation is 1. The van der Waals surface area contributed by atoms with Crippen LogP contribution in [0.5, 0.6) is 5.75 Å². The molecular weight excluding hydrogens is 340 g/mol. The number of imidazole rings is 1. The van der Waals surface area contributed by atoms with Gasteiger partial charge < -0.3 is 4.74 Å². The maximum atomic E-state index is 5.98. The first-order valence-corrected chi connectivity index (χ1v) is 9.77. The van der Waals surface area contributed by atoms with Gasteiger partial charge in [0, 0.05) is 11.8 Å². The molecule has 2 aromatic heterocycles. The number of ether oxygens (including phenoxy) is 1. The minimum atomic E-state index is 0.559. The van der Waals surface area contributed by atoms with Crippen LogP contribution in [0, 0.1) is 6.92 Å². The molecule has 0 N–H and O–H groups in total. The Hall–Kier alpha value is -2.72. The van der Waals surface area contributed by atoms with Gasteiger partial charge in [-0.2, -0.15) is 0 Å². The molecule has 26 heavy (non-hydrogen) atoms. The number of thioether (sulfide) groups is 1. The van der Waals surface area contributed by atoms with Crippen LogP contribution in [0.4, 0.5) is 0 Å². The molecule has 0 aliphatic carbocycles. The van der Waals surface area contributed by atoms with Gasteiger partial charge in [-0.1, -0.05) is 48.5 Å². The van der Waals surface area contributed by atoms with Crippen LogP contribution in [0.15, 0.2) is 78.0 Å². The van der Waals surface area contributed by atoms with Gasteiger partial charge in [0.15, 0.2) is 0 Å². The highest BCUT2D eigenvalue weighted by Gasteiger charge is 2.15. The number of fused-ring (bicyclic) bond motifs is 1. The first-order chi connectivity index (χ1) is 12.8. The topological polar surface area (TPSA) is 26.5 Å². The Morgan fingerprint density at radius 3 is 2.65 bits per heavy atom. The summed E-state index contributed by atoms with van der Waals surface area (Å²) >= 11 is 1.71. The SMILES string of the molecule is CSc1c(-c2cccc(OCc3ccccc3)c2)nc2c(C)cccn12. The van der Waals surface area contributed by atoms with Crippen LogP contribution < -0.4 is 4.74 Å². The van der Waals surface area contributed by atoms with Crippen LogP contribution in [-0.4, -0.2) is 15.6 Å². The highest BCUT2D eigenvalue weighted by molar-refractivity contribution is 7.98. The largest absolute Gasteiger partial charge is 0.489 e. The minimum Gasteiger partial charge on any atom is -0.489 e. The average Bonchev–Trinajstić information content (AvgIpc) is 3.07. The van der Waals surface area contributed by atoms with E-state index in [0.29, 0.717) is 6.61 Å². The monoisotopic (exact) mass is 360 g/mol. The van der Waals surface area contributed by atoms with Crippen molar-refractivity contribution in [3.8, 4) is 17.0 Å². The van der Waals surface area contributed by atoms with Gasteiger partial charge in [-0.15, -0.1) is 11.8 Å². The summed E-state index contributed by atoms with van der Waals surface area (Å²) in [7, 11) is 0. The van der Waals surface area contributed by atoms with Gasteiger partial charge in [0.2, 0.25) is 0 Å². The lowest BCUT2D eigenvalue weighted by atomic mass is 10.1. The Bertz CT molecular complexity index is 1040. The van der Waals surface area contributed by atoms with Gasteiger partial charge in [0.1, 0.15) is 28.7 Å². The van der Waals surface area contributed by atoms with E-state index in [-0.39, 0.29) is 0 Å². The molecule has 0 radical (unpaired) electrons. The van der Waals surface area contributed by atoms with E-state index in [0.717, 1.165) is 33.2 Å². The van der Waals surface area contributed by atoms with Gasteiger partial charge in [0.25, 0.3) is 0 Å². The maximum Gasteiger partial charge on any atom is 0.141 e. The molecule has 3 nitrogen and oxygen atoms in total. The van der Waals surface area contributed by atoms with E-state index in [9.17, 15) is 0 Å². The quantitative estimate of drug-likeness (QED) is 0.433. The summed E-state index contributed by atoms with van der Waals surface area (Å²) in [4.78, 5) is 4.90. The molecule has 0 spiro atoms. The molecule has 0 amide bonds. The normalized spacial score (nSPS) is 11.0. The Labute approximate surface area is 157 Å². The molecule has 0 aliphatic heterocycles. The Morgan fingerprint density at radius 1 is 1.00 bits per heavy atom. The zero-order valence-electron chi connectivity index (χ0n) is 14.8. The van der Waals surface area contributed by atoms with Gasteiger partial charge in [0.05, 0.1) is 0 Å². The lowest BCUT2D eigenvalue weighted by Crippen LogP contribution is -1.95. The number of nitrogens with zero attached hydrogens (tertiary/aromatic N) is 2. The predicted octanol–water partition coefficient (Wildman–Crippen LogP) is 5.61. The molecule has 0 unspecified atom stereocenters. The molecule has 4 aromatic rings. The van der Waals surface area contributed by atoms with Gasteiger partial charge in [-0.3, -0.25) is 4.40 Å². The van der Waals surface area contributed by atoms with Crippen molar-refractivity contribution in [2.24, 2.45) is 0 Å². The van der Waals surface area contributed by atoms with Crippen molar-refractivity contribution in [3.63, 3.8) is 0 Å². The van der Waals surface area contributed by atoms with Crippen LogP contribution >= 0.6 is 11.8 Å². The van der Waals surface area contributed by atoms with E-state index < -0.39 is 0 Å². The second-order valence-electron chi connectivity index (χ2n) is 6.16. The van der Waals surface area contributed by atoms with E-state index >= 15 is 0 Å². The van der Waals surface area contributed by atoms with Crippen molar-refractivity contribution in [2.75, 3.05) is 6.26 Å². The second kappa shape index (κ2) is 7.26. The summed E-state index contributed by atoms with van der Waals surface area (Å²) in [5.41, 5.74) is 5.40. The number of rotatable bonds is 5. The summed E-state index contributed by atoms with van der Waals surface area (Å²) in [6.07, 6.45) is 4.16. The van der Waals surface area contributed by atoms with Crippen LogP contribution in [0.2, 0.25) is 0 Å². The van der Waals surface area contributed by atoms with Crippen molar-refractivity contribution in [1.29, 1.82) is 0 Å². The third kappa shape index (κ3) is 3.20. The van der Waals surface area contributed by atoms with Crippen molar-refractivity contribution >= 4 is 17.4 Å². The first kappa shape index (κ1) is 16.7. The highest BCUT2D eigenvalue weighted by atomic mass is 32.2. The lowest BCUT2D eigenvalue weighted by Gasteiger charge is -2.08. The molecule has 130 valence electrons. The van der Waals surface area contributed by atoms with E-state index in [4.69, 9.17) is 9.72 Å². The summed E-state index contributed by atoms with van der Waals surface area (Å²) in [5, 5.41) is 1.14. The molecule has 0 fully saturated rings. The fourth-order valence-corrected chi connectivity index (χ4v) is 3.74. The number of hydrogen-bond acceptors (Lipinski definition) is 3. The summed E-state index contributed by atoms with van der Waals surface area (Å²) in [6.45, 7) is 2.65. The zero-order valence-corrected chi connectivity index (χ0v) is 15.7. The lowest BCUT2D eigenvalue weighted by molar-refractivity contribution is 0.306. The van der Waals surface area contributed by atoms with Crippen LogP contribution in [0.1, 0.15) is 11.1 Å². The summed E-state index contributed by atoms with van der Waals surface area (Å²) in [6, 6.07) is 22.5. The fraction of sp³-hybridized carbons (Fsp3) is 0.136. The standard InChI is InChI=1S/C22H20N2OS/c1-16-8-7-13-24-21(16)23-20(22(24)26-2)18-11-6-12-19(14-18)25-15-17-9-4-3-5-10-17/h3-14H,15H2,1-2H3. The third-order valence-corrected chi connectivity index (χ3v) is 5.13. The molecule has 0 saturated heterocycles. The predicted molar refractivity (Wildman–Crippen MR) is 108 cm³/mol. The van der Waals surface area contributed by atoms with E-state index in [2.05, 4.69) is 60.2 Å². The van der Waals surface area contributed by atoms with Crippen LogP contribution in [0.25, 0.3) is 16.9 Å². The fourth-order valence-electron chi connectivity index (χ4n) is 3.04. The average molecular weight is 360 g/mol. The molecule has 2 heterocycles. The van der Waals surface area contributed by atoms with Crippen LogP contribution in [0.3, 0.4) is 0 Å². The summed E-state index contributed by atoms with van der Waals surface area (Å²) in [5.74, 6) is 0.854. The first-order valence-electron chi connectivity index (χ1n) is 8.55. The Kier molecular flexibility index (Phi) is 4.67. The molecule has 0 bridgehead atoms. The molecule has 2 aromatic carbocycles. The number of benzene rings is 2. The zero-order chi connectivity index (χ0) is 17.9. The third-order valence-electron chi connectivity index (χ3n) is 4.35. The highest BCUT2D eigenvalue weighted by Crippen LogP contribution is 2.33. The van der Waals surface area contributed by atoms with Crippen molar-refractivity contribution in [2.45, 2.75) is 18.6 Å². The molecule has 4 rings (SSSR count). The number of pyridine rings is 1. The molecule has 0 aliphatic rings. The van der Waals surface area contributed by atoms with E-state index in [1.165, 1.54) is 5.56 Å². The molecular formula is C22H20N2OS. The Balaban J connectivity index is 1.68. The van der Waals surface area contributed by atoms with Crippen LogP contribution in [-0.2, 0) is 6.61 Å². The number of aromatic nitrogens is 2. The van der Waals surface area contributed by atoms with E-state index in [1.54, 1.807) is 11.8 Å². The molecule has 4 heteroatoms. The molecule has 0 saturated carbocycles. The smallest absolute Gasteiger partial charge is 0.141 e. The van der Waals surface area contributed by atoms with Gasteiger partial charge in [-0.25, -0.2) is 4.98 Å². The van der Waals surface area contributed by atoms with Crippen molar-refractivity contribution < 1.29 is 4.74 Å². The van der Waals surface area contributed by atoms with Crippen molar-refractivity contribution in [1.82, 2.24) is 9.38 Å². The molecule has 0 atom stereocenters. The summed E-state index contributed by atoms with van der Waals surface area (Å²) < 4.78 is 8.14. The van der Waals surface area contributed by atoms with Crippen molar-refractivity contribution in [3.05, 3.63) is 84.1 Å². The van der Waals surface area contributed by atoms with Gasteiger partial charge in [-0.05, 0) is 42.5 Å². The van der Waals surface area contributed by atoms with Gasteiger partial charge >= 0.3 is 0 Å².